The normalized spacial score (nSPS) is 11.4. The number of primary amides is 1. The summed E-state index contributed by atoms with van der Waals surface area (Å²) in [5.41, 5.74) is 5.94. The van der Waals surface area contributed by atoms with Gasteiger partial charge in [-0.1, -0.05) is 62.9 Å². The van der Waals surface area contributed by atoms with Crippen LogP contribution in [0, 0.1) is 0 Å². The van der Waals surface area contributed by atoms with Crippen molar-refractivity contribution < 1.29 is 19.2 Å². The van der Waals surface area contributed by atoms with Crippen molar-refractivity contribution in [2.45, 2.75) is 64.5 Å². The van der Waals surface area contributed by atoms with E-state index in [0.717, 1.165) is 31.2 Å². The van der Waals surface area contributed by atoms with Crippen LogP contribution >= 0.6 is 0 Å². The Morgan fingerprint density at radius 3 is 2.26 bits per heavy atom. The van der Waals surface area contributed by atoms with E-state index < -0.39 is 23.6 Å². The Morgan fingerprint density at radius 2 is 1.63 bits per heavy atom. The fraction of sp³-hybridized carbons (Fsp3) is 0.500. The van der Waals surface area contributed by atoms with E-state index >= 15 is 0 Å². The maximum absolute atomic E-state index is 12.1. The Balaban J connectivity index is 2.50. The number of amides is 3. The third-order valence-electron chi connectivity index (χ3n) is 4.12. The van der Waals surface area contributed by atoms with Gasteiger partial charge in [-0.25, -0.2) is 0 Å². The summed E-state index contributed by atoms with van der Waals surface area (Å²) in [4.78, 5) is 47.3. The van der Waals surface area contributed by atoms with Gasteiger partial charge in [0.05, 0.1) is 6.42 Å². The molecule has 0 spiro atoms. The molecule has 0 aliphatic carbocycles. The molecule has 0 radical (unpaired) electrons. The highest BCUT2D eigenvalue weighted by Gasteiger charge is 2.27. The second-order valence-electron chi connectivity index (χ2n) is 6.48. The van der Waals surface area contributed by atoms with E-state index in [1.54, 1.807) is 0 Å². The van der Waals surface area contributed by atoms with E-state index in [0.29, 0.717) is 13.0 Å². The zero-order valence-electron chi connectivity index (χ0n) is 15.8. The fourth-order valence-corrected chi connectivity index (χ4v) is 2.59. The first kappa shape index (κ1) is 22.3. The van der Waals surface area contributed by atoms with E-state index in [2.05, 4.69) is 17.6 Å². The molecule has 1 aromatic carbocycles. The maximum atomic E-state index is 12.1. The lowest BCUT2D eigenvalue weighted by molar-refractivity contribution is -0.139. The molecule has 148 valence electrons. The van der Waals surface area contributed by atoms with Crippen LogP contribution in [-0.4, -0.2) is 29.5 Å². The topological polar surface area (TPSA) is 118 Å². The minimum Gasteiger partial charge on any atom is -0.363 e. The smallest absolute Gasteiger partial charge is 0.287 e. The van der Waals surface area contributed by atoms with Crippen molar-refractivity contribution in [3.05, 3.63) is 35.9 Å². The minimum atomic E-state index is -1.23. The quantitative estimate of drug-likeness (QED) is 0.358. The molecule has 0 aliphatic heterocycles. The second kappa shape index (κ2) is 12.6. The summed E-state index contributed by atoms with van der Waals surface area (Å²) in [6.45, 7) is 2.40. The van der Waals surface area contributed by atoms with E-state index in [1.807, 2.05) is 30.3 Å². The number of Topliss-reactive ketones (excluding diaryl/α,β-unsaturated/α-hetero) is 1. The van der Waals surface area contributed by atoms with Gasteiger partial charge in [-0.15, -0.1) is 0 Å². The number of carbonyl (C=O) groups excluding carboxylic acids is 4. The van der Waals surface area contributed by atoms with Crippen molar-refractivity contribution in [2.24, 2.45) is 5.73 Å². The van der Waals surface area contributed by atoms with Crippen LogP contribution in [0.4, 0.5) is 0 Å². The largest absolute Gasteiger partial charge is 0.363 e. The van der Waals surface area contributed by atoms with Gasteiger partial charge in [-0.3, -0.25) is 19.2 Å². The van der Waals surface area contributed by atoms with Crippen LogP contribution in [0.5, 0.6) is 0 Å². The summed E-state index contributed by atoms with van der Waals surface area (Å²) in [6, 6.07) is 8.04. The number of benzene rings is 1. The van der Waals surface area contributed by atoms with Crippen LogP contribution in [0.25, 0.3) is 0 Å². The van der Waals surface area contributed by atoms with Crippen LogP contribution in [-0.2, 0) is 25.7 Å². The number of nitrogens with one attached hydrogen (secondary N) is 2. The van der Waals surface area contributed by atoms with Gasteiger partial charge in [0.1, 0.15) is 6.04 Å². The van der Waals surface area contributed by atoms with Crippen molar-refractivity contribution in [3.63, 3.8) is 0 Å². The van der Waals surface area contributed by atoms with E-state index in [-0.39, 0.29) is 18.7 Å². The molecule has 0 bridgehead atoms. The number of rotatable bonds is 13. The summed E-state index contributed by atoms with van der Waals surface area (Å²) in [7, 11) is 0. The van der Waals surface area contributed by atoms with Crippen LogP contribution in [0.15, 0.2) is 30.3 Å². The molecule has 4 N–H and O–H groups in total. The average molecular weight is 375 g/mol. The number of carbonyl (C=O) groups is 4. The molecule has 3 amide bonds. The fourth-order valence-electron chi connectivity index (χ4n) is 2.59. The Bertz CT molecular complexity index is 631. The number of hydrogen-bond donors (Lipinski definition) is 3. The van der Waals surface area contributed by atoms with E-state index in [1.165, 1.54) is 0 Å². The van der Waals surface area contributed by atoms with Crippen LogP contribution in [0.2, 0.25) is 0 Å². The van der Waals surface area contributed by atoms with Gasteiger partial charge in [0.15, 0.2) is 0 Å². The van der Waals surface area contributed by atoms with E-state index in [4.69, 9.17) is 5.73 Å². The van der Waals surface area contributed by atoms with Crippen molar-refractivity contribution in [3.8, 4) is 0 Å². The number of ketones is 1. The molecule has 1 rings (SSSR count). The lowest BCUT2D eigenvalue weighted by atomic mass is 10.1. The Labute approximate surface area is 160 Å². The minimum absolute atomic E-state index is 0.248. The summed E-state index contributed by atoms with van der Waals surface area (Å²) in [5.74, 6) is -2.94. The highest BCUT2D eigenvalue weighted by molar-refractivity contribution is 6.38. The van der Waals surface area contributed by atoms with Crippen molar-refractivity contribution in [2.75, 3.05) is 0 Å². The van der Waals surface area contributed by atoms with Gasteiger partial charge in [0.2, 0.25) is 17.6 Å². The molecular weight excluding hydrogens is 346 g/mol. The second-order valence-corrected chi connectivity index (χ2v) is 6.48. The molecule has 7 heteroatoms. The molecule has 0 unspecified atom stereocenters. The average Bonchev–Trinajstić information content (AvgIpc) is 2.65. The molecule has 0 fully saturated rings. The Kier molecular flexibility index (Phi) is 10.4. The third-order valence-corrected chi connectivity index (χ3v) is 4.12. The van der Waals surface area contributed by atoms with Gasteiger partial charge < -0.3 is 16.4 Å². The molecule has 0 saturated heterocycles. The molecule has 0 saturated carbocycles. The number of hydrogen-bond acceptors (Lipinski definition) is 4. The predicted molar refractivity (Wildman–Crippen MR) is 102 cm³/mol. The Morgan fingerprint density at radius 1 is 0.963 bits per heavy atom. The first-order valence-corrected chi connectivity index (χ1v) is 9.37. The van der Waals surface area contributed by atoms with Crippen LogP contribution in [0.1, 0.15) is 57.4 Å². The first-order valence-electron chi connectivity index (χ1n) is 9.37. The molecule has 7 nitrogen and oxygen atoms in total. The Hall–Kier alpha value is -2.70. The van der Waals surface area contributed by atoms with Gasteiger partial charge in [0.25, 0.3) is 5.91 Å². The number of nitrogens with two attached hydrogens (primary N) is 1. The molecular formula is C20H29N3O4. The highest BCUT2D eigenvalue weighted by Crippen LogP contribution is 2.06. The van der Waals surface area contributed by atoms with Gasteiger partial charge in [-0.2, -0.15) is 0 Å². The monoisotopic (exact) mass is 375 g/mol. The van der Waals surface area contributed by atoms with Gasteiger partial charge >= 0.3 is 0 Å². The molecule has 0 aromatic heterocycles. The molecule has 1 atom stereocenters. The number of unbranched alkanes of at least 4 members (excludes halogenated alkanes) is 4. The van der Waals surface area contributed by atoms with Crippen LogP contribution < -0.4 is 16.4 Å². The van der Waals surface area contributed by atoms with Gasteiger partial charge in [-0.05, 0) is 12.0 Å². The van der Waals surface area contributed by atoms with Crippen molar-refractivity contribution in [1.29, 1.82) is 0 Å². The SMILES string of the molecule is CCCCCCCC(=O)N[C@H](CC(=O)NCc1ccccc1)C(=O)C(N)=O. The van der Waals surface area contributed by atoms with Crippen molar-refractivity contribution in [1.82, 2.24) is 10.6 Å². The summed E-state index contributed by atoms with van der Waals surface area (Å²) >= 11 is 0. The predicted octanol–water partition coefficient (Wildman–Crippen LogP) is 1.59. The van der Waals surface area contributed by atoms with Crippen LogP contribution in [0.3, 0.4) is 0 Å². The first-order chi connectivity index (χ1) is 12.9. The van der Waals surface area contributed by atoms with E-state index in [9.17, 15) is 19.2 Å². The zero-order chi connectivity index (χ0) is 20.1. The zero-order valence-corrected chi connectivity index (χ0v) is 15.8. The lowest BCUT2D eigenvalue weighted by Gasteiger charge is -2.16. The molecule has 0 heterocycles. The molecule has 27 heavy (non-hydrogen) atoms. The lowest BCUT2D eigenvalue weighted by Crippen LogP contribution is -2.48. The summed E-state index contributed by atoms with van der Waals surface area (Å²) < 4.78 is 0. The standard InChI is InChI=1S/C20H29N3O4/c1-2-3-4-5-9-12-17(24)23-16(19(26)20(21)27)13-18(25)22-14-15-10-7-6-8-11-15/h6-8,10-11,16H,2-5,9,12-14H2,1H3,(H2,21,27)(H,22,25)(H,23,24)/t16-/m1/s1. The van der Waals surface area contributed by atoms with Gasteiger partial charge in [0, 0.05) is 13.0 Å². The molecule has 0 aliphatic rings. The van der Waals surface area contributed by atoms with Crippen molar-refractivity contribution >= 4 is 23.5 Å². The summed E-state index contributed by atoms with van der Waals surface area (Å²) in [5, 5.41) is 5.14. The molecule has 1 aromatic rings. The highest BCUT2D eigenvalue weighted by atomic mass is 16.2. The summed E-state index contributed by atoms with van der Waals surface area (Å²) in [6.07, 6.45) is 4.83. The maximum Gasteiger partial charge on any atom is 0.287 e. The third kappa shape index (κ3) is 9.53.